The van der Waals surface area contributed by atoms with Gasteiger partial charge in [0.2, 0.25) is 5.91 Å². The van der Waals surface area contributed by atoms with E-state index in [9.17, 15) is 4.79 Å². The Labute approximate surface area is 113 Å². The third-order valence-corrected chi connectivity index (χ3v) is 3.20. The fraction of sp³-hybridized carbons (Fsp3) is 0.462. The van der Waals surface area contributed by atoms with Crippen LogP contribution in [0.4, 0.5) is 11.4 Å². The van der Waals surface area contributed by atoms with Gasteiger partial charge in [0.25, 0.3) is 0 Å². The molecule has 0 radical (unpaired) electrons. The third kappa shape index (κ3) is 4.55. The van der Waals surface area contributed by atoms with E-state index in [-0.39, 0.29) is 5.91 Å². The van der Waals surface area contributed by atoms with E-state index in [4.69, 9.17) is 17.3 Å². The number of nitrogen functional groups attached to an aromatic ring is 1. The van der Waals surface area contributed by atoms with Crippen LogP contribution in [0, 0.1) is 0 Å². The maximum atomic E-state index is 11.7. The number of nitrogens with zero attached hydrogens (tertiary/aromatic N) is 1. The molecule has 0 saturated heterocycles. The van der Waals surface area contributed by atoms with Crippen LogP contribution in [-0.2, 0) is 4.79 Å². The van der Waals surface area contributed by atoms with Crippen LogP contribution in [-0.4, -0.2) is 30.4 Å². The average molecular weight is 270 g/mol. The standard InChI is InChI=1S/C13H20ClN3O/c1-9(2)17(3)7-6-13(18)16-10-4-5-11(14)12(15)8-10/h4-5,8-9H,6-7,15H2,1-3H3,(H,16,18). The van der Waals surface area contributed by atoms with Gasteiger partial charge in [-0.15, -0.1) is 0 Å². The Kier molecular flexibility index (Phi) is 5.44. The number of nitrogens with two attached hydrogens (primary N) is 1. The smallest absolute Gasteiger partial charge is 0.225 e. The lowest BCUT2D eigenvalue weighted by atomic mass is 10.2. The van der Waals surface area contributed by atoms with Gasteiger partial charge in [0.05, 0.1) is 10.7 Å². The van der Waals surface area contributed by atoms with Gasteiger partial charge in [-0.2, -0.15) is 0 Å². The van der Waals surface area contributed by atoms with Crippen molar-refractivity contribution < 1.29 is 4.79 Å². The number of nitrogens with one attached hydrogen (secondary N) is 1. The summed E-state index contributed by atoms with van der Waals surface area (Å²) >= 11 is 5.81. The Balaban J connectivity index is 2.47. The summed E-state index contributed by atoms with van der Waals surface area (Å²) in [5, 5.41) is 3.29. The lowest BCUT2D eigenvalue weighted by Crippen LogP contribution is -2.29. The zero-order valence-electron chi connectivity index (χ0n) is 11.0. The number of benzene rings is 1. The van der Waals surface area contributed by atoms with Crippen molar-refractivity contribution in [3.8, 4) is 0 Å². The summed E-state index contributed by atoms with van der Waals surface area (Å²) in [6, 6.07) is 5.51. The van der Waals surface area contributed by atoms with Gasteiger partial charge in [0.15, 0.2) is 0 Å². The van der Waals surface area contributed by atoms with Gasteiger partial charge in [-0.25, -0.2) is 0 Å². The fourth-order valence-corrected chi connectivity index (χ4v) is 1.50. The van der Waals surface area contributed by atoms with Crippen molar-refractivity contribution in [1.29, 1.82) is 0 Å². The minimum atomic E-state index is -0.0239. The van der Waals surface area contributed by atoms with Crippen LogP contribution in [0.15, 0.2) is 18.2 Å². The summed E-state index contributed by atoms with van der Waals surface area (Å²) in [7, 11) is 2.00. The fourth-order valence-electron chi connectivity index (χ4n) is 1.38. The summed E-state index contributed by atoms with van der Waals surface area (Å²) < 4.78 is 0. The van der Waals surface area contributed by atoms with E-state index in [0.29, 0.717) is 28.9 Å². The molecule has 0 fully saturated rings. The van der Waals surface area contributed by atoms with Crippen LogP contribution in [0.3, 0.4) is 0 Å². The van der Waals surface area contributed by atoms with E-state index >= 15 is 0 Å². The van der Waals surface area contributed by atoms with Crippen LogP contribution < -0.4 is 11.1 Å². The molecule has 0 saturated carbocycles. The second-order valence-corrected chi connectivity index (χ2v) is 5.02. The Morgan fingerprint density at radius 2 is 2.17 bits per heavy atom. The predicted octanol–water partition coefficient (Wildman–Crippen LogP) is 2.59. The number of carbonyl (C=O) groups excluding carboxylic acids is 1. The number of hydrogen-bond donors (Lipinski definition) is 2. The lowest BCUT2D eigenvalue weighted by molar-refractivity contribution is -0.116. The van der Waals surface area contributed by atoms with Crippen molar-refractivity contribution in [2.75, 3.05) is 24.6 Å². The molecule has 3 N–H and O–H groups in total. The first-order valence-electron chi connectivity index (χ1n) is 5.95. The molecule has 1 rings (SSSR count). The number of carbonyl (C=O) groups is 1. The van der Waals surface area contributed by atoms with Gasteiger partial charge < -0.3 is 16.0 Å². The summed E-state index contributed by atoms with van der Waals surface area (Å²) in [4.78, 5) is 13.8. The Bertz CT molecular complexity index is 421. The molecule has 1 aromatic rings. The number of anilines is 2. The monoisotopic (exact) mass is 269 g/mol. The minimum absolute atomic E-state index is 0.0239. The Hall–Kier alpha value is -1.26. The Morgan fingerprint density at radius 1 is 1.50 bits per heavy atom. The average Bonchev–Trinajstić information content (AvgIpc) is 2.30. The summed E-state index contributed by atoms with van der Waals surface area (Å²) in [6.07, 6.45) is 0.456. The topological polar surface area (TPSA) is 58.4 Å². The molecule has 0 spiro atoms. The van der Waals surface area contributed by atoms with Crippen LogP contribution in [0.5, 0.6) is 0 Å². The number of halogens is 1. The van der Waals surface area contributed by atoms with Gasteiger partial charge in [-0.3, -0.25) is 4.79 Å². The van der Waals surface area contributed by atoms with E-state index in [2.05, 4.69) is 24.1 Å². The highest BCUT2D eigenvalue weighted by molar-refractivity contribution is 6.33. The first-order chi connectivity index (χ1) is 8.40. The SMILES string of the molecule is CC(C)N(C)CCC(=O)Nc1ccc(Cl)c(N)c1. The molecule has 18 heavy (non-hydrogen) atoms. The van der Waals surface area contributed by atoms with Gasteiger partial charge >= 0.3 is 0 Å². The molecule has 0 aliphatic carbocycles. The van der Waals surface area contributed by atoms with Crippen molar-refractivity contribution >= 4 is 28.9 Å². The maximum absolute atomic E-state index is 11.7. The first kappa shape index (κ1) is 14.8. The van der Waals surface area contributed by atoms with E-state index in [1.54, 1.807) is 18.2 Å². The molecule has 1 aromatic carbocycles. The van der Waals surface area contributed by atoms with Crippen LogP contribution in [0.25, 0.3) is 0 Å². The molecule has 0 aromatic heterocycles. The lowest BCUT2D eigenvalue weighted by Gasteiger charge is -2.20. The molecule has 0 aliphatic heterocycles. The van der Waals surface area contributed by atoms with Gasteiger partial charge in [-0.05, 0) is 39.1 Å². The molecule has 5 heteroatoms. The second-order valence-electron chi connectivity index (χ2n) is 4.61. The molecular weight excluding hydrogens is 250 g/mol. The molecule has 4 nitrogen and oxygen atoms in total. The third-order valence-electron chi connectivity index (χ3n) is 2.85. The van der Waals surface area contributed by atoms with Crippen molar-refractivity contribution in [1.82, 2.24) is 4.90 Å². The Morgan fingerprint density at radius 3 is 2.72 bits per heavy atom. The first-order valence-corrected chi connectivity index (χ1v) is 6.33. The number of rotatable bonds is 5. The summed E-state index contributed by atoms with van der Waals surface area (Å²) in [5.41, 5.74) is 6.81. The molecule has 0 heterocycles. The summed E-state index contributed by atoms with van der Waals surface area (Å²) in [5.74, 6) is -0.0239. The predicted molar refractivity (Wildman–Crippen MR) is 76.9 cm³/mol. The van der Waals surface area contributed by atoms with E-state index in [1.807, 2.05) is 7.05 Å². The van der Waals surface area contributed by atoms with E-state index in [1.165, 1.54) is 0 Å². The van der Waals surface area contributed by atoms with Gasteiger partial charge in [0.1, 0.15) is 0 Å². The van der Waals surface area contributed by atoms with Crippen molar-refractivity contribution in [3.63, 3.8) is 0 Å². The normalized spacial score (nSPS) is 11.0. The highest BCUT2D eigenvalue weighted by atomic mass is 35.5. The zero-order valence-corrected chi connectivity index (χ0v) is 11.8. The van der Waals surface area contributed by atoms with Crippen molar-refractivity contribution in [2.45, 2.75) is 26.3 Å². The van der Waals surface area contributed by atoms with Gasteiger partial charge in [-0.1, -0.05) is 11.6 Å². The minimum Gasteiger partial charge on any atom is -0.397 e. The molecule has 0 aliphatic rings. The van der Waals surface area contributed by atoms with Crippen molar-refractivity contribution in [2.24, 2.45) is 0 Å². The number of hydrogen-bond acceptors (Lipinski definition) is 3. The van der Waals surface area contributed by atoms with Crippen LogP contribution >= 0.6 is 11.6 Å². The maximum Gasteiger partial charge on any atom is 0.225 e. The van der Waals surface area contributed by atoms with Crippen LogP contribution in [0.2, 0.25) is 5.02 Å². The molecule has 100 valence electrons. The summed E-state index contributed by atoms with van der Waals surface area (Å²) in [6.45, 7) is 4.92. The second kappa shape index (κ2) is 6.61. The molecule has 1 amide bonds. The van der Waals surface area contributed by atoms with E-state index < -0.39 is 0 Å². The van der Waals surface area contributed by atoms with Crippen molar-refractivity contribution in [3.05, 3.63) is 23.2 Å². The highest BCUT2D eigenvalue weighted by Crippen LogP contribution is 2.22. The zero-order chi connectivity index (χ0) is 13.7. The molecule has 0 unspecified atom stereocenters. The highest BCUT2D eigenvalue weighted by Gasteiger charge is 2.08. The molecular formula is C13H20ClN3O. The quantitative estimate of drug-likeness (QED) is 0.808. The van der Waals surface area contributed by atoms with Gasteiger partial charge in [0, 0.05) is 24.7 Å². The van der Waals surface area contributed by atoms with E-state index in [0.717, 1.165) is 6.54 Å². The molecule has 0 bridgehead atoms. The molecule has 0 atom stereocenters. The number of amides is 1. The van der Waals surface area contributed by atoms with Crippen LogP contribution in [0.1, 0.15) is 20.3 Å². The largest absolute Gasteiger partial charge is 0.397 e.